The summed E-state index contributed by atoms with van der Waals surface area (Å²) in [4.78, 5) is 25.3. The molecule has 3 rings (SSSR count). The van der Waals surface area contributed by atoms with Gasteiger partial charge in [-0.25, -0.2) is 4.68 Å². The van der Waals surface area contributed by atoms with Gasteiger partial charge in [0, 0.05) is 11.9 Å². The van der Waals surface area contributed by atoms with Gasteiger partial charge in [0.2, 0.25) is 0 Å². The van der Waals surface area contributed by atoms with E-state index in [4.69, 9.17) is 0 Å². The van der Waals surface area contributed by atoms with E-state index in [0.717, 1.165) is 11.1 Å². The summed E-state index contributed by atoms with van der Waals surface area (Å²) in [6.45, 7) is 6.17. The first kappa shape index (κ1) is 16.9. The molecule has 2 aromatic carbocycles. The van der Waals surface area contributed by atoms with Gasteiger partial charge < -0.3 is 5.32 Å². The van der Waals surface area contributed by atoms with Gasteiger partial charge in [-0.1, -0.05) is 42.5 Å². The van der Waals surface area contributed by atoms with Gasteiger partial charge in [-0.15, -0.1) is 0 Å². The topological polar surface area (TPSA) is 64.0 Å². The lowest BCUT2D eigenvalue weighted by Gasteiger charge is -2.14. The van der Waals surface area contributed by atoms with Crippen LogP contribution in [0.2, 0.25) is 0 Å². The number of aryl methyl sites for hydroxylation is 1. The van der Waals surface area contributed by atoms with Gasteiger partial charge in [0.05, 0.1) is 11.4 Å². The van der Waals surface area contributed by atoms with E-state index in [1.165, 1.54) is 4.68 Å². The number of nitrogens with one attached hydrogen (secondary N) is 1. The molecular weight excluding hydrogens is 314 g/mol. The van der Waals surface area contributed by atoms with Gasteiger partial charge in [-0.3, -0.25) is 9.59 Å². The Morgan fingerprint density at radius 2 is 1.72 bits per heavy atom. The average Bonchev–Trinajstić information content (AvgIpc) is 2.61. The number of rotatable bonds is 4. The van der Waals surface area contributed by atoms with E-state index in [0.29, 0.717) is 17.3 Å². The predicted octanol–water partition coefficient (Wildman–Crippen LogP) is 3.22. The molecule has 1 aromatic heterocycles. The van der Waals surface area contributed by atoms with Crippen LogP contribution < -0.4 is 10.9 Å². The van der Waals surface area contributed by atoms with Gasteiger partial charge in [-0.2, -0.15) is 5.10 Å². The number of hydrogen-bond acceptors (Lipinski definition) is 3. The van der Waals surface area contributed by atoms with E-state index < -0.39 is 0 Å². The highest BCUT2D eigenvalue weighted by Gasteiger charge is 2.17. The Hall–Kier alpha value is -2.95. The highest BCUT2D eigenvalue weighted by Crippen LogP contribution is 2.15. The highest BCUT2D eigenvalue weighted by atomic mass is 16.2. The molecule has 25 heavy (non-hydrogen) atoms. The molecule has 0 saturated carbocycles. The van der Waals surface area contributed by atoms with Crippen LogP contribution in [0.25, 0.3) is 10.8 Å². The van der Waals surface area contributed by atoms with Crippen LogP contribution in [0.15, 0.2) is 53.3 Å². The molecule has 0 aliphatic rings. The fraction of sp³-hybridized carbons (Fsp3) is 0.250. The molecule has 0 atom stereocenters. The second-order valence-corrected chi connectivity index (χ2v) is 6.35. The van der Waals surface area contributed by atoms with Crippen molar-refractivity contribution in [3.63, 3.8) is 0 Å². The lowest BCUT2D eigenvalue weighted by Crippen LogP contribution is -2.31. The number of fused-ring (bicyclic) bond motifs is 1. The summed E-state index contributed by atoms with van der Waals surface area (Å²) in [5.41, 5.74) is 2.27. The zero-order valence-electron chi connectivity index (χ0n) is 14.6. The number of carbonyl (C=O) groups excluding carboxylic acids is 1. The number of carbonyl (C=O) groups is 1. The molecule has 0 aliphatic carbocycles. The van der Waals surface area contributed by atoms with Crippen molar-refractivity contribution in [1.82, 2.24) is 15.1 Å². The van der Waals surface area contributed by atoms with Gasteiger partial charge in [-0.05, 0) is 38.0 Å². The van der Waals surface area contributed by atoms with Crippen molar-refractivity contribution < 1.29 is 4.79 Å². The van der Waals surface area contributed by atoms with Crippen molar-refractivity contribution in [2.24, 2.45) is 0 Å². The molecule has 0 saturated heterocycles. The predicted molar refractivity (Wildman–Crippen MR) is 98.7 cm³/mol. The molecule has 0 aliphatic heterocycles. The van der Waals surface area contributed by atoms with Gasteiger partial charge in [0.25, 0.3) is 11.5 Å². The minimum atomic E-state index is -0.283. The molecule has 5 heteroatoms. The first-order valence-corrected chi connectivity index (χ1v) is 8.33. The molecule has 1 amide bonds. The minimum absolute atomic E-state index is 0.125. The zero-order chi connectivity index (χ0) is 18.0. The van der Waals surface area contributed by atoms with E-state index in [9.17, 15) is 9.59 Å². The van der Waals surface area contributed by atoms with Gasteiger partial charge >= 0.3 is 0 Å². The summed E-state index contributed by atoms with van der Waals surface area (Å²) in [5, 5.41) is 8.33. The lowest BCUT2D eigenvalue weighted by molar-refractivity contribution is 0.0945. The Balaban J connectivity index is 2.00. The fourth-order valence-electron chi connectivity index (χ4n) is 2.79. The van der Waals surface area contributed by atoms with Gasteiger partial charge in [0.15, 0.2) is 5.69 Å². The van der Waals surface area contributed by atoms with Crippen LogP contribution in [0.5, 0.6) is 0 Å². The maximum atomic E-state index is 12.7. The Morgan fingerprint density at radius 1 is 1.08 bits per heavy atom. The molecule has 3 aromatic rings. The third kappa shape index (κ3) is 3.31. The van der Waals surface area contributed by atoms with Crippen LogP contribution in [0.1, 0.15) is 41.5 Å². The number of benzene rings is 2. The van der Waals surface area contributed by atoms with Crippen LogP contribution in [-0.4, -0.2) is 15.7 Å². The summed E-state index contributed by atoms with van der Waals surface area (Å²) in [6, 6.07) is 14.9. The molecule has 0 spiro atoms. The number of aromatic nitrogens is 2. The number of amides is 1. The first-order chi connectivity index (χ1) is 12.0. The maximum Gasteiger partial charge on any atom is 0.274 e. The number of hydrogen-bond donors (Lipinski definition) is 1. The van der Waals surface area contributed by atoms with Crippen LogP contribution in [0, 0.1) is 6.92 Å². The van der Waals surface area contributed by atoms with Crippen molar-refractivity contribution in [1.29, 1.82) is 0 Å². The summed E-state index contributed by atoms with van der Waals surface area (Å²) < 4.78 is 1.37. The number of nitrogens with zero attached hydrogens (tertiary/aromatic N) is 2. The highest BCUT2D eigenvalue weighted by molar-refractivity contribution is 6.04. The van der Waals surface area contributed by atoms with E-state index in [2.05, 4.69) is 10.4 Å². The third-order valence-corrected chi connectivity index (χ3v) is 4.23. The van der Waals surface area contributed by atoms with E-state index in [1.807, 2.05) is 45.0 Å². The lowest BCUT2D eigenvalue weighted by atomic mass is 10.1. The average molecular weight is 335 g/mol. The molecular formula is C20H21N3O2. The SMILES string of the molecule is Cc1ccccc1CNC(=O)c1nn(C(C)C)c(=O)c2ccccc12. The van der Waals surface area contributed by atoms with Crippen molar-refractivity contribution >= 4 is 16.7 Å². The Bertz CT molecular complexity index is 990. The Labute approximate surface area is 146 Å². The molecule has 0 radical (unpaired) electrons. The molecule has 0 fully saturated rings. The van der Waals surface area contributed by atoms with Crippen molar-refractivity contribution in [2.45, 2.75) is 33.4 Å². The van der Waals surface area contributed by atoms with E-state index >= 15 is 0 Å². The third-order valence-electron chi connectivity index (χ3n) is 4.23. The fourth-order valence-corrected chi connectivity index (χ4v) is 2.79. The Morgan fingerprint density at radius 3 is 2.40 bits per heavy atom. The van der Waals surface area contributed by atoms with Crippen LogP contribution >= 0.6 is 0 Å². The molecule has 0 bridgehead atoms. The monoisotopic (exact) mass is 335 g/mol. The first-order valence-electron chi connectivity index (χ1n) is 8.33. The van der Waals surface area contributed by atoms with Crippen molar-refractivity contribution in [2.75, 3.05) is 0 Å². The summed E-state index contributed by atoms with van der Waals surface area (Å²) in [7, 11) is 0. The van der Waals surface area contributed by atoms with Crippen LogP contribution in [0.3, 0.4) is 0 Å². The quantitative estimate of drug-likeness (QED) is 0.796. The molecule has 1 heterocycles. The van der Waals surface area contributed by atoms with E-state index in [-0.39, 0.29) is 23.2 Å². The van der Waals surface area contributed by atoms with E-state index in [1.54, 1.807) is 24.3 Å². The largest absolute Gasteiger partial charge is 0.347 e. The molecule has 128 valence electrons. The molecule has 0 unspecified atom stereocenters. The smallest absolute Gasteiger partial charge is 0.274 e. The summed E-state index contributed by atoms with van der Waals surface area (Å²) >= 11 is 0. The summed E-state index contributed by atoms with van der Waals surface area (Å²) in [5.74, 6) is -0.283. The normalized spacial score (nSPS) is 11.0. The standard InChI is InChI=1S/C20H21N3O2/c1-13(2)23-20(25)17-11-7-6-10-16(17)18(22-23)19(24)21-12-15-9-5-4-8-14(15)3/h4-11,13H,12H2,1-3H3,(H,21,24). The second-order valence-electron chi connectivity index (χ2n) is 6.35. The van der Waals surface area contributed by atoms with Crippen LogP contribution in [0.4, 0.5) is 0 Å². The second kappa shape index (κ2) is 6.89. The zero-order valence-corrected chi connectivity index (χ0v) is 14.6. The van der Waals surface area contributed by atoms with Crippen LogP contribution in [-0.2, 0) is 6.54 Å². The van der Waals surface area contributed by atoms with Crippen molar-refractivity contribution in [3.05, 3.63) is 75.7 Å². The minimum Gasteiger partial charge on any atom is -0.347 e. The molecule has 1 N–H and O–H groups in total. The molecule has 5 nitrogen and oxygen atoms in total. The van der Waals surface area contributed by atoms with Gasteiger partial charge in [0.1, 0.15) is 0 Å². The maximum absolute atomic E-state index is 12.7. The summed E-state index contributed by atoms with van der Waals surface area (Å²) in [6.07, 6.45) is 0. The van der Waals surface area contributed by atoms with Crippen molar-refractivity contribution in [3.8, 4) is 0 Å². The Kier molecular flexibility index (Phi) is 4.65.